The van der Waals surface area contributed by atoms with Crippen LogP contribution in [0.2, 0.25) is 0 Å². The van der Waals surface area contributed by atoms with Crippen LogP contribution in [0, 0.1) is 0 Å². The molecule has 0 atom stereocenters. The van der Waals surface area contributed by atoms with Crippen molar-refractivity contribution < 1.29 is 23.8 Å². The van der Waals surface area contributed by atoms with Crippen molar-refractivity contribution >= 4 is 11.9 Å². The van der Waals surface area contributed by atoms with Crippen LogP contribution in [0.4, 0.5) is 0 Å². The molecule has 0 aliphatic heterocycles. The molecule has 0 radical (unpaired) electrons. The Labute approximate surface area is 165 Å². The van der Waals surface area contributed by atoms with Gasteiger partial charge in [-0.25, -0.2) is 9.59 Å². The Kier molecular flexibility index (Phi) is 8.03. The Morgan fingerprint density at radius 1 is 0.893 bits per heavy atom. The first kappa shape index (κ1) is 21.0. The van der Waals surface area contributed by atoms with Crippen molar-refractivity contribution in [2.24, 2.45) is 0 Å². The second-order valence-corrected chi connectivity index (χ2v) is 6.11. The second kappa shape index (κ2) is 10.7. The Morgan fingerprint density at radius 2 is 1.50 bits per heavy atom. The van der Waals surface area contributed by atoms with Gasteiger partial charge in [-0.15, -0.1) is 0 Å². The molecule has 0 heterocycles. The highest BCUT2D eigenvalue weighted by atomic mass is 16.6. The van der Waals surface area contributed by atoms with Crippen molar-refractivity contribution in [1.82, 2.24) is 0 Å². The summed E-state index contributed by atoms with van der Waals surface area (Å²) >= 11 is 0. The molecule has 0 spiro atoms. The SMILES string of the molecule is C=CC(=O)OCCc1ccc(-c2ccc(OCCOC(=O)C(=C)C)cc2)cc1. The quantitative estimate of drug-likeness (QED) is 0.352. The van der Waals surface area contributed by atoms with E-state index < -0.39 is 11.9 Å². The molecular weight excluding hydrogens is 356 g/mol. The van der Waals surface area contributed by atoms with Gasteiger partial charge in [0, 0.05) is 18.1 Å². The smallest absolute Gasteiger partial charge is 0.333 e. The topological polar surface area (TPSA) is 61.8 Å². The summed E-state index contributed by atoms with van der Waals surface area (Å²) in [6.45, 7) is 9.28. The monoisotopic (exact) mass is 380 g/mol. The molecule has 2 rings (SSSR count). The number of esters is 2. The number of rotatable bonds is 10. The molecule has 5 heteroatoms. The molecule has 2 aromatic rings. The summed E-state index contributed by atoms with van der Waals surface area (Å²) in [5.74, 6) is -0.120. The van der Waals surface area contributed by atoms with E-state index in [4.69, 9.17) is 14.2 Å². The molecule has 0 saturated heterocycles. The molecule has 0 aromatic heterocycles. The average molecular weight is 380 g/mol. The zero-order chi connectivity index (χ0) is 20.4. The largest absolute Gasteiger partial charge is 0.490 e. The highest BCUT2D eigenvalue weighted by molar-refractivity contribution is 5.86. The lowest BCUT2D eigenvalue weighted by Gasteiger charge is -2.09. The van der Waals surface area contributed by atoms with Gasteiger partial charge in [-0.3, -0.25) is 0 Å². The van der Waals surface area contributed by atoms with Gasteiger partial charge < -0.3 is 14.2 Å². The van der Waals surface area contributed by atoms with E-state index in [1.165, 1.54) is 0 Å². The van der Waals surface area contributed by atoms with E-state index >= 15 is 0 Å². The van der Waals surface area contributed by atoms with Crippen LogP contribution in [0.15, 0.2) is 73.3 Å². The lowest BCUT2D eigenvalue weighted by atomic mass is 10.0. The van der Waals surface area contributed by atoms with Crippen molar-refractivity contribution in [1.29, 1.82) is 0 Å². The maximum Gasteiger partial charge on any atom is 0.333 e. The van der Waals surface area contributed by atoms with Crippen LogP contribution in [0.3, 0.4) is 0 Å². The Bertz CT molecular complexity index is 819. The van der Waals surface area contributed by atoms with Gasteiger partial charge in [0.15, 0.2) is 0 Å². The number of benzene rings is 2. The summed E-state index contributed by atoms with van der Waals surface area (Å²) < 4.78 is 15.5. The minimum atomic E-state index is -0.415. The van der Waals surface area contributed by atoms with E-state index in [-0.39, 0.29) is 13.2 Å². The first-order valence-corrected chi connectivity index (χ1v) is 8.93. The van der Waals surface area contributed by atoms with Crippen molar-refractivity contribution in [2.45, 2.75) is 13.3 Å². The van der Waals surface area contributed by atoms with E-state index in [0.717, 1.165) is 22.8 Å². The van der Waals surface area contributed by atoms with Gasteiger partial charge in [0.05, 0.1) is 6.61 Å². The van der Waals surface area contributed by atoms with Crippen molar-refractivity contribution in [2.75, 3.05) is 19.8 Å². The van der Waals surface area contributed by atoms with Gasteiger partial charge in [-0.05, 0) is 35.7 Å². The van der Waals surface area contributed by atoms with Crippen LogP contribution < -0.4 is 4.74 Å². The van der Waals surface area contributed by atoms with Crippen molar-refractivity contribution in [3.8, 4) is 16.9 Å². The van der Waals surface area contributed by atoms with Crippen LogP contribution in [0.25, 0.3) is 11.1 Å². The Balaban J connectivity index is 1.82. The molecule has 0 aliphatic carbocycles. The van der Waals surface area contributed by atoms with Crippen LogP contribution in [-0.4, -0.2) is 31.8 Å². The Morgan fingerprint density at radius 3 is 2.07 bits per heavy atom. The third-order valence-electron chi connectivity index (χ3n) is 3.88. The zero-order valence-corrected chi connectivity index (χ0v) is 16.0. The van der Waals surface area contributed by atoms with E-state index in [0.29, 0.717) is 24.4 Å². The minimum absolute atomic E-state index is 0.178. The summed E-state index contributed by atoms with van der Waals surface area (Å²) in [5, 5.41) is 0. The maximum absolute atomic E-state index is 11.3. The van der Waals surface area contributed by atoms with E-state index in [1.54, 1.807) is 6.92 Å². The van der Waals surface area contributed by atoms with Crippen molar-refractivity contribution in [3.05, 3.63) is 78.9 Å². The third kappa shape index (κ3) is 6.76. The summed E-state index contributed by atoms with van der Waals surface area (Å²) in [4.78, 5) is 22.3. The van der Waals surface area contributed by atoms with Crippen molar-refractivity contribution in [3.63, 3.8) is 0 Å². The lowest BCUT2D eigenvalue weighted by Crippen LogP contribution is -2.12. The maximum atomic E-state index is 11.3. The molecule has 0 unspecified atom stereocenters. The zero-order valence-electron chi connectivity index (χ0n) is 16.0. The first-order valence-electron chi connectivity index (χ1n) is 8.93. The van der Waals surface area contributed by atoms with Gasteiger partial charge in [0.2, 0.25) is 0 Å². The molecule has 28 heavy (non-hydrogen) atoms. The molecule has 146 valence electrons. The molecule has 0 saturated carbocycles. The fraction of sp³-hybridized carbons (Fsp3) is 0.217. The first-order chi connectivity index (χ1) is 13.5. The third-order valence-corrected chi connectivity index (χ3v) is 3.88. The number of hydrogen-bond acceptors (Lipinski definition) is 5. The van der Waals surface area contributed by atoms with Crippen LogP contribution >= 0.6 is 0 Å². The van der Waals surface area contributed by atoms with E-state index in [1.807, 2.05) is 48.5 Å². The molecule has 0 N–H and O–H groups in total. The van der Waals surface area contributed by atoms with Gasteiger partial charge in [-0.2, -0.15) is 0 Å². The van der Waals surface area contributed by atoms with Crippen LogP contribution in [0.1, 0.15) is 12.5 Å². The van der Waals surface area contributed by atoms with E-state index in [9.17, 15) is 9.59 Å². The number of carbonyl (C=O) groups is 2. The second-order valence-electron chi connectivity index (χ2n) is 6.11. The summed E-state index contributed by atoms with van der Waals surface area (Å²) in [6.07, 6.45) is 1.81. The van der Waals surface area contributed by atoms with Crippen LogP contribution in [0.5, 0.6) is 5.75 Å². The highest BCUT2D eigenvalue weighted by Gasteiger charge is 2.04. The van der Waals surface area contributed by atoms with Gasteiger partial charge in [0.1, 0.15) is 19.0 Å². The highest BCUT2D eigenvalue weighted by Crippen LogP contribution is 2.23. The molecule has 5 nitrogen and oxygen atoms in total. The summed E-state index contributed by atoms with van der Waals surface area (Å²) in [6, 6.07) is 15.8. The molecule has 0 aliphatic rings. The predicted molar refractivity (Wildman–Crippen MR) is 108 cm³/mol. The average Bonchev–Trinajstić information content (AvgIpc) is 2.71. The summed E-state index contributed by atoms with van der Waals surface area (Å²) in [7, 11) is 0. The molecule has 2 aromatic carbocycles. The lowest BCUT2D eigenvalue weighted by molar-refractivity contribution is -0.139. The van der Waals surface area contributed by atoms with Gasteiger partial charge in [0.25, 0.3) is 0 Å². The van der Waals surface area contributed by atoms with Gasteiger partial charge >= 0.3 is 11.9 Å². The molecular formula is C23H24O5. The molecule has 0 fully saturated rings. The molecule has 0 bridgehead atoms. The number of carbonyl (C=O) groups excluding carboxylic acids is 2. The molecule has 0 amide bonds. The fourth-order valence-corrected chi connectivity index (χ4v) is 2.35. The number of hydrogen-bond donors (Lipinski definition) is 0. The number of ether oxygens (including phenoxy) is 3. The predicted octanol–water partition coefficient (Wildman–Crippen LogP) is 4.12. The van der Waals surface area contributed by atoms with E-state index in [2.05, 4.69) is 13.2 Å². The van der Waals surface area contributed by atoms with Crippen LogP contribution in [-0.2, 0) is 25.5 Å². The normalized spacial score (nSPS) is 10.0. The fourth-order valence-electron chi connectivity index (χ4n) is 2.35. The minimum Gasteiger partial charge on any atom is -0.490 e. The summed E-state index contributed by atoms with van der Waals surface area (Å²) in [5.41, 5.74) is 3.59. The standard InChI is InChI=1S/C23H24O5/c1-4-22(24)27-14-13-18-5-7-19(8-6-18)20-9-11-21(12-10-20)26-15-16-28-23(25)17(2)3/h4-12H,1-2,13-16H2,3H3. The van der Waals surface area contributed by atoms with Gasteiger partial charge in [-0.1, -0.05) is 49.6 Å². The Hall–Kier alpha value is -3.34.